The molecule has 2 aromatic rings. The lowest BCUT2D eigenvalue weighted by molar-refractivity contribution is 0.137. The Labute approximate surface area is 154 Å². The van der Waals surface area contributed by atoms with E-state index in [1.165, 1.54) is 27.9 Å². The molecule has 134 valence electrons. The highest BCUT2D eigenvalue weighted by Gasteiger charge is 2.35. The van der Waals surface area contributed by atoms with Crippen LogP contribution in [-0.4, -0.2) is 36.8 Å². The van der Waals surface area contributed by atoms with Crippen LogP contribution >= 0.6 is 11.3 Å². The molecule has 0 spiro atoms. The summed E-state index contributed by atoms with van der Waals surface area (Å²) in [5, 5.41) is 3.20. The number of hydrogen-bond acceptors (Lipinski definition) is 5. The van der Waals surface area contributed by atoms with Crippen molar-refractivity contribution >= 4 is 22.2 Å². The van der Waals surface area contributed by atoms with E-state index >= 15 is 0 Å². The fourth-order valence-electron chi connectivity index (χ4n) is 4.23. The van der Waals surface area contributed by atoms with Gasteiger partial charge in [-0.2, -0.15) is 0 Å². The Bertz CT molecular complexity index is 790. The summed E-state index contributed by atoms with van der Waals surface area (Å²) in [6.45, 7) is 15.3. The summed E-state index contributed by atoms with van der Waals surface area (Å²) in [5.74, 6) is 1.13. The van der Waals surface area contributed by atoms with Gasteiger partial charge < -0.3 is 14.5 Å². The zero-order valence-corrected chi connectivity index (χ0v) is 16.7. The normalized spacial score (nSPS) is 19.1. The van der Waals surface area contributed by atoms with Crippen LogP contribution in [0.25, 0.3) is 0 Å². The van der Waals surface area contributed by atoms with Crippen molar-refractivity contribution in [3.05, 3.63) is 33.8 Å². The first-order valence-electron chi connectivity index (χ1n) is 9.08. The van der Waals surface area contributed by atoms with E-state index in [2.05, 4.69) is 54.8 Å². The Morgan fingerprint density at radius 2 is 1.68 bits per heavy atom. The van der Waals surface area contributed by atoms with Crippen molar-refractivity contribution in [3.8, 4) is 5.75 Å². The van der Waals surface area contributed by atoms with Crippen LogP contribution in [-0.2, 0) is 6.42 Å². The zero-order valence-electron chi connectivity index (χ0n) is 15.8. The summed E-state index contributed by atoms with van der Waals surface area (Å²) in [4.78, 5) is 9.42. The summed E-state index contributed by atoms with van der Waals surface area (Å²) < 4.78 is 6.26. The minimum atomic E-state index is -0.0908. The van der Waals surface area contributed by atoms with Crippen molar-refractivity contribution in [3.63, 3.8) is 0 Å². The van der Waals surface area contributed by atoms with Crippen molar-refractivity contribution in [1.82, 2.24) is 4.98 Å². The summed E-state index contributed by atoms with van der Waals surface area (Å²) in [5.41, 5.74) is 6.83. The number of thiazole rings is 1. The Hall–Kier alpha value is -1.75. The van der Waals surface area contributed by atoms with E-state index in [1.54, 1.807) is 11.3 Å². The van der Waals surface area contributed by atoms with E-state index < -0.39 is 0 Å². The summed E-state index contributed by atoms with van der Waals surface area (Å²) in [6, 6.07) is 0. The molecule has 1 aromatic heterocycles. The Morgan fingerprint density at radius 1 is 1.00 bits per heavy atom. The average Bonchev–Trinajstić information content (AvgIpc) is 3.21. The maximum atomic E-state index is 6.26. The molecule has 3 heterocycles. The first-order chi connectivity index (χ1) is 11.9. The van der Waals surface area contributed by atoms with Gasteiger partial charge in [0.2, 0.25) is 0 Å². The van der Waals surface area contributed by atoms with Gasteiger partial charge in [-0.3, -0.25) is 0 Å². The number of hydrogen-bond donors (Lipinski definition) is 0. The van der Waals surface area contributed by atoms with Crippen LogP contribution in [0.2, 0.25) is 0 Å². The zero-order chi connectivity index (χ0) is 17.8. The minimum Gasteiger partial charge on any atom is -0.487 e. The van der Waals surface area contributed by atoms with Gasteiger partial charge in [0.15, 0.2) is 5.13 Å². The molecule has 0 unspecified atom stereocenters. The fourth-order valence-corrected chi connectivity index (χ4v) is 4.92. The number of piperazine rings is 1. The molecule has 0 amide bonds. The highest BCUT2D eigenvalue weighted by molar-refractivity contribution is 7.13. The molecule has 25 heavy (non-hydrogen) atoms. The maximum Gasteiger partial charge on any atom is 0.185 e. The Morgan fingerprint density at radius 3 is 2.32 bits per heavy atom. The van der Waals surface area contributed by atoms with Crippen LogP contribution < -0.4 is 14.5 Å². The number of nitrogens with zero attached hydrogens (tertiary/aromatic N) is 3. The SMILES string of the molecule is Cc1c(C)c(N2CCN(c3nccs3)CC2)c(C)c2c1OC(C)(C)C2. The lowest BCUT2D eigenvalue weighted by atomic mass is 9.92. The quantitative estimate of drug-likeness (QED) is 0.809. The van der Waals surface area contributed by atoms with Gasteiger partial charge in [-0.15, -0.1) is 11.3 Å². The number of anilines is 2. The van der Waals surface area contributed by atoms with Crippen LogP contribution in [0.1, 0.15) is 36.1 Å². The Balaban J connectivity index is 1.63. The third-order valence-corrected chi connectivity index (χ3v) is 6.44. The second-order valence-corrected chi connectivity index (χ2v) is 8.73. The largest absolute Gasteiger partial charge is 0.487 e. The van der Waals surface area contributed by atoms with E-state index in [4.69, 9.17) is 4.74 Å². The molecule has 1 fully saturated rings. The molecule has 1 saturated heterocycles. The van der Waals surface area contributed by atoms with E-state index in [0.717, 1.165) is 43.5 Å². The number of rotatable bonds is 2. The molecule has 0 atom stereocenters. The van der Waals surface area contributed by atoms with Crippen molar-refractivity contribution < 1.29 is 4.74 Å². The van der Waals surface area contributed by atoms with Crippen LogP contribution in [0.5, 0.6) is 5.75 Å². The second-order valence-electron chi connectivity index (χ2n) is 7.86. The summed E-state index contributed by atoms with van der Waals surface area (Å²) in [6.07, 6.45) is 2.90. The average molecular weight is 358 g/mol. The van der Waals surface area contributed by atoms with Crippen molar-refractivity contribution in [2.75, 3.05) is 36.0 Å². The van der Waals surface area contributed by atoms with Crippen LogP contribution in [0.4, 0.5) is 10.8 Å². The molecule has 0 N–H and O–H groups in total. The third-order valence-electron chi connectivity index (χ3n) is 5.61. The van der Waals surface area contributed by atoms with E-state index in [-0.39, 0.29) is 5.60 Å². The first-order valence-corrected chi connectivity index (χ1v) is 9.96. The predicted molar refractivity (Wildman–Crippen MR) is 106 cm³/mol. The predicted octanol–water partition coefficient (Wildman–Crippen LogP) is 4.11. The third kappa shape index (κ3) is 2.78. The second kappa shape index (κ2) is 5.90. The molecule has 2 aliphatic heterocycles. The van der Waals surface area contributed by atoms with Gasteiger partial charge in [0.05, 0.1) is 0 Å². The molecule has 4 nitrogen and oxygen atoms in total. The Kier molecular flexibility index (Phi) is 3.95. The summed E-state index contributed by atoms with van der Waals surface area (Å²) in [7, 11) is 0. The lowest BCUT2D eigenvalue weighted by Gasteiger charge is -2.38. The van der Waals surface area contributed by atoms with E-state index in [0.29, 0.717) is 0 Å². The van der Waals surface area contributed by atoms with Crippen molar-refractivity contribution in [2.45, 2.75) is 46.6 Å². The topological polar surface area (TPSA) is 28.6 Å². The monoisotopic (exact) mass is 357 g/mol. The van der Waals surface area contributed by atoms with E-state index in [1.807, 2.05) is 6.20 Å². The molecular formula is C20H27N3OS. The summed E-state index contributed by atoms with van der Waals surface area (Å²) >= 11 is 1.73. The van der Waals surface area contributed by atoms with Gasteiger partial charge in [0.1, 0.15) is 11.4 Å². The van der Waals surface area contributed by atoms with Crippen LogP contribution in [0, 0.1) is 20.8 Å². The number of ether oxygens (including phenoxy) is 1. The lowest BCUT2D eigenvalue weighted by Crippen LogP contribution is -2.47. The first kappa shape index (κ1) is 16.7. The van der Waals surface area contributed by atoms with Crippen LogP contribution in [0.15, 0.2) is 11.6 Å². The van der Waals surface area contributed by atoms with E-state index in [9.17, 15) is 0 Å². The van der Waals surface area contributed by atoms with Gasteiger partial charge in [0.25, 0.3) is 0 Å². The minimum absolute atomic E-state index is 0.0908. The van der Waals surface area contributed by atoms with Gasteiger partial charge in [-0.1, -0.05) is 0 Å². The molecule has 1 aromatic carbocycles. The molecule has 0 saturated carbocycles. The molecule has 5 heteroatoms. The highest BCUT2D eigenvalue weighted by atomic mass is 32.1. The van der Waals surface area contributed by atoms with Gasteiger partial charge in [-0.05, 0) is 51.3 Å². The molecule has 4 rings (SSSR count). The van der Waals surface area contributed by atoms with Crippen molar-refractivity contribution in [1.29, 1.82) is 0 Å². The fraction of sp³-hybridized carbons (Fsp3) is 0.550. The number of aromatic nitrogens is 1. The standard InChI is InChI=1S/C20H27N3OS/c1-13-14(2)18-16(12-20(4,5)24-18)15(3)17(13)22-7-9-23(10-8-22)19-21-6-11-25-19/h6,11H,7-10,12H2,1-5H3. The smallest absolute Gasteiger partial charge is 0.185 e. The van der Waals surface area contributed by atoms with Crippen LogP contribution in [0.3, 0.4) is 0 Å². The molecular weight excluding hydrogens is 330 g/mol. The molecule has 0 bridgehead atoms. The number of fused-ring (bicyclic) bond motifs is 1. The molecule has 2 aliphatic rings. The van der Waals surface area contributed by atoms with Gasteiger partial charge in [-0.25, -0.2) is 4.98 Å². The van der Waals surface area contributed by atoms with Gasteiger partial charge >= 0.3 is 0 Å². The highest BCUT2D eigenvalue weighted by Crippen LogP contribution is 2.45. The van der Waals surface area contributed by atoms with Crippen molar-refractivity contribution in [2.24, 2.45) is 0 Å². The number of benzene rings is 1. The maximum absolute atomic E-state index is 6.26. The molecule has 0 aliphatic carbocycles. The molecule has 0 radical (unpaired) electrons. The van der Waals surface area contributed by atoms with Gasteiger partial charge in [0, 0.05) is 55.4 Å².